The number of nitrogens with zero attached hydrogens (tertiary/aromatic N) is 2. The lowest BCUT2D eigenvalue weighted by Crippen LogP contribution is -2.27. The number of aliphatic carboxylic acids is 1. The molecule has 174 valence electrons. The number of benzene rings is 3. The van der Waals surface area contributed by atoms with E-state index in [0.717, 1.165) is 39.1 Å². The molecule has 4 rings (SSSR count). The predicted octanol–water partition coefficient (Wildman–Crippen LogP) is 6.82. The SMILES string of the molecule is Cc1ccc(C2=NN(C(=O)CCC(=O)O)C(c3ccc(Cl)cc3)C2)c(-c2ccc(Cl)cc2)c1C. The molecule has 0 bridgehead atoms. The van der Waals surface area contributed by atoms with Crippen LogP contribution in [-0.4, -0.2) is 27.7 Å². The molecule has 1 aliphatic rings. The summed E-state index contributed by atoms with van der Waals surface area (Å²) in [6.45, 7) is 4.14. The largest absolute Gasteiger partial charge is 0.481 e. The Labute approximate surface area is 208 Å². The monoisotopic (exact) mass is 494 g/mol. The van der Waals surface area contributed by atoms with Crippen LogP contribution in [0.25, 0.3) is 11.1 Å². The Bertz CT molecular complexity index is 1270. The molecular weight excluding hydrogens is 471 g/mol. The third kappa shape index (κ3) is 5.01. The van der Waals surface area contributed by atoms with Crippen molar-refractivity contribution in [2.75, 3.05) is 0 Å². The summed E-state index contributed by atoms with van der Waals surface area (Å²) in [4.78, 5) is 24.1. The molecule has 3 aromatic carbocycles. The van der Waals surface area contributed by atoms with E-state index in [1.54, 1.807) is 12.1 Å². The van der Waals surface area contributed by atoms with E-state index in [1.165, 1.54) is 5.01 Å². The highest BCUT2D eigenvalue weighted by molar-refractivity contribution is 6.30. The molecule has 1 unspecified atom stereocenters. The van der Waals surface area contributed by atoms with Crippen LogP contribution in [-0.2, 0) is 9.59 Å². The third-order valence-corrected chi connectivity index (χ3v) is 6.66. The molecule has 1 heterocycles. The first-order valence-electron chi connectivity index (χ1n) is 11.0. The van der Waals surface area contributed by atoms with E-state index in [9.17, 15) is 9.59 Å². The minimum Gasteiger partial charge on any atom is -0.481 e. The summed E-state index contributed by atoms with van der Waals surface area (Å²) in [5.41, 5.74) is 6.95. The number of carboxylic acid groups (broad SMARTS) is 1. The maximum Gasteiger partial charge on any atom is 0.303 e. The number of hydrogen-bond donors (Lipinski definition) is 1. The van der Waals surface area contributed by atoms with Crippen molar-refractivity contribution in [2.45, 2.75) is 39.2 Å². The second-order valence-electron chi connectivity index (χ2n) is 8.39. The Kier molecular flexibility index (Phi) is 7.05. The Morgan fingerprint density at radius 2 is 1.56 bits per heavy atom. The van der Waals surface area contributed by atoms with E-state index in [2.05, 4.69) is 19.9 Å². The van der Waals surface area contributed by atoms with Crippen molar-refractivity contribution in [1.82, 2.24) is 5.01 Å². The van der Waals surface area contributed by atoms with E-state index in [1.807, 2.05) is 42.5 Å². The molecule has 1 atom stereocenters. The van der Waals surface area contributed by atoms with Gasteiger partial charge in [-0.3, -0.25) is 9.59 Å². The number of hydrazone groups is 1. The molecule has 1 amide bonds. The smallest absolute Gasteiger partial charge is 0.303 e. The zero-order valence-corrected chi connectivity index (χ0v) is 20.4. The molecule has 0 saturated carbocycles. The fraction of sp³-hybridized carbons (Fsp3) is 0.222. The molecule has 0 aromatic heterocycles. The molecule has 0 fully saturated rings. The van der Waals surface area contributed by atoms with Crippen LogP contribution in [0.15, 0.2) is 65.8 Å². The third-order valence-electron chi connectivity index (χ3n) is 6.15. The predicted molar refractivity (Wildman–Crippen MR) is 135 cm³/mol. The van der Waals surface area contributed by atoms with Gasteiger partial charge in [0.25, 0.3) is 0 Å². The first kappa shape index (κ1) is 24.0. The standard InChI is InChI=1S/C27H24Cl2N2O3/c1-16-3-12-22(27(17(16)2)19-6-10-21(29)11-7-19)23-15-24(18-4-8-20(28)9-5-18)31(30-23)25(32)13-14-26(33)34/h3-12,24H,13-15H2,1-2H3,(H,33,34). The first-order chi connectivity index (χ1) is 16.2. The van der Waals surface area contributed by atoms with Crippen molar-refractivity contribution in [3.05, 3.63) is 93.0 Å². The quantitative estimate of drug-likeness (QED) is 0.408. The second kappa shape index (κ2) is 10.00. The van der Waals surface area contributed by atoms with Crippen LogP contribution in [0.1, 0.15) is 47.6 Å². The van der Waals surface area contributed by atoms with E-state index in [4.69, 9.17) is 33.4 Å². The zero-order chi connectivity index (χ0) is 24.4. The van der Waals surface area contributed by atoms with Crippen LogP contribution >= 0.6 is 23.2 Å². The van der Waals surface area contributed by atoms with Crippen molar-refractivity contribution >= 4 is 40.8 Å². The number of halogens is 2. The number of rotatable bonds is 6. The first-order valence-corrected chi connectivity index (χ1v) is 11.7. The number of amides is 1. The van der Waals surface area contributed by atoms with Gasteiger partial charge < -0.3 is 5.11 Å². The van der Waals surface area contributed by atoms with Gasteiger partial charge in [-0.15, -0.1) is 0 Å². The fourth-order valence-electron chi connectivity index (χ4n) is 4.22. The second-order valence-corrected chi connectivity index (χ2v) is 9.26. The molecule has 7 heteroatoms. The van der Waals surface area contributed by atoms with Gasteiger partial charge >= 0.3 is 5.97 Å². The van der Waals surface area contributed by atoms with Crippen LogP contribution in [0.4, 0.5) is 0 Å². The number of carboxylic acids is 1. The average molecular weight is 495 g/mol. The van der Waals surface area contributed by atoms with Gasteiger partial charge in [-0.2, -0.15) is 5.10 Å². The van der Waals surface area contributed by atoms with Crippen LogP contribution < -0.4 is 0 Å². The van der Waals surface area contributed by atoms with Crippen molar-refractivity contribution in [1.29, 1.82) is 0 Å². The molecule has 5 nitrogen and oxygen atoms in total. The fourth-order valence-corrected chi connectivity index (χ4v) is 4.47. The summed E-state index contributed by atoms with van der Waals surface area (Å²) < 4.78 is 0. The Morgan fingerprint density at radius 3 is 2.18 bits per heavy atom. The summed E-state index contributed by atoms with van der Waals surface area (Å²) >= 11 is 12.2. The van der Waals surface area contributed by atoms with Gasteiger partial charge in [0, 0.05) is 28.5 Å². The van der Waals surface area contributed by atoms with Crippen molar-refractivity contribution in [3.63, 3.8) is 0 Å². The van der Waals surface area contributed by atoms with Crippen LogP contribution in [0, 0.1) is 13.8 Å². The number of aryl methyl sites for hydroxylation is 1. The highest BCUT2D eigenvalue weighted by atomic mass is 35.5. The number of carbonyl (C=O) groups excluding carboxylic acids is 1. The van der Waals surface area contributed by atoms with Crippen LogP contribution in [0.2, 0.25) is 10.0 Å². The summed E-state index contributed by atoms with van der Waals surface area (Å²) in [5, 5.41) is 16.5. The van der Waals surface area contributed by atoms with Gasteiger partial charge in [0.1, 0.15) is 0 Å². The topological polar surface area (TPSA) is 70.0 Å². The van der Waals surface area contributed by atoms with Crippen molar-refractivity contribution < 1.29 is 14.7 Å². The van der Waals surface area contributed by atoms with E-state index < -0.39 is 5.97 Å². The lowest BCUT2D eigenvalue weighted by Gasteiger charge is -2.22. The molecule has 0 spiro atoms. The molecule has 1 N–H and O–H groups in total. The van der Waals surface area contributed by atoms with Gasteiger partial charge in [-0.25, -0.2) is 5.01 Å². The maximum absolute atomic E-state index is 13.0. The zero-order valence-electron chi connectivity index (χ0n) is 18.9. The highest BCUT2D eigenvalue weighted by Gasteiger charge is 2.34. The number of carbonyl (C=O) groups is 2. The summed E-state index contributed by atoms with van der Waals surface area (Å²) in [5.74, 6) is -1.34. The summed E-state index contributed by atoms with van der Waals surface area (Å²) in [7, 11) is 0. The normalized spacial score (nSPS) is 15.4. The van der Waals surface area contributed by atoms with Gasteiger partial charge in [0.15, 0.2) is 0 Å². The van der Waals surface area contributed by atoms with Crippen LogP contribution in [0.5, 0.6) is 0 Å². The molecular formula is C27H24Cl2N2O3. The van der Waals surface area contributed by atoms with Crippen molar-refractivity contribution in [2.24, 2.45) is 5.10 Å². The maximum atomic E-state index is 13.0. The molecule has 0 aliphatic carbocycles. The highest BCUT2D eigenvalue weighted by Crippen LogP contribution is 2.38. The lowest BCUT2D eigenvalue weighted by molar-refractivity contribution is -0.141. The molecule has 3 aromatic rings. The molecule has 1 aliphatic heterocycles. The molecule has 0 radical (unpaired) electrons. The molecule has 34 heavy (non-hydrogen) atoms. The van der Waals surface area contributed by atoms with E-state index in [-0.39, 0.29) is 24.8 Å². The van der Waals surface area contributed by atoms with E-state index >= 15 is 0 Å². The van der Waals surface area contributed by atoms with Gasteiger partial charge in [0.05, 0.1) is 18.2 Å². The lowest BCUT2D eigenvalue weighted by atomic mass is 9.88. The van der Waals surface area contributed by atoms with Gasteiger partial charge in [-0.1, -0.05) is 59.6 Å². The number of hydrogen-bond acceptors (Lipinski definition) is 3. The Morgan fingerprint density at radius 1 is 0.941 bits per heavy atom. The average Bonchev–Trinajstić information content (AvgIpc) is 3.26. The van der Waals surface area contributed by atoms with Crippen molar-refractivity contribution in [3.8, 4) is 11.1 Å². The van der Waals surface area contributed by atoms with Crippen LogP contribution in [0.3, 0.4) is 0 Å². The summed E-state index contributed by atoms with van der Waals surface area (Å²) in [6, 6.07) is 18.8. The minimum atomic E-state index is -1.01. The van der Waals surface area contributed by atoms with Gasteiger partial charge in [-0.05, 0) is 65.9 Å². The van der Waals surface area contributed by atoms with E-state index in [0.29, 0.717) is 16.5 Å². The van der Waals surface area contributed by atoms with Gasteiger partial charge in [0.2, 0.25) is 5.91 Å². The molecule has 0 saturated heterocycles. The minimum absolute atomic E-state index is 0.118. The summed E-state index contributed by atoms with van der Waals surface area (Å²) in [6.07, 6.45) is 0.143. The Balaban J connectivity index is 1.79. The Hall–Kier alpha value is -3.15.